The van der Waals surface area contributed by atoms with E-state index in [1.165, 1.54) is 7.11 Å². The molecule has 1 aromatic carbocycles. The molecule has 3 atom stereocenters. The van der Waals surface area contributed by atoms with Crippen molar-refractivity contribution in [3.8, 4) is 5.75 Å². The fourth-order valence-corrected chi connectivity index (χ4v) is 5.34. The summed E-state index contributed by atoms with van der Waals surface area (Å²) in [5, 5.41) is 3.32. The van der Waals surface area contributed by atoms with Crippen LogP contribution >= 0.6 is 0 Å². The van der Waals surface area contributed by atoms with Crippen LogP contribution in [0.25, 0.3) is 0 Å². The fraction of sp³-hybridized carbons (Fsp3) is 0.654. The molecule has 0 bridgehead atoms. The van der Waals surface area contributed by atoms with Crippen LogP contribution in [0, 0.1) is 0 Å². The van der Waals surface area contributed by atoms with Crippen LogP contribution in [0.4, 0.5) is 0 Å². The van der Waals surface area contributed by atoms with Crippen LogP contribution in [-0.4, -0.2) is 117 Å². The second kappa shape index (κ2) is 12.5. The summed E-state index contributed by atoms with van der Waals surface area (Å²) < 4.78 is 16.2. The first-order valence-electron chi connectivity index (χ1n) is 12.9. The zero-order chi connectivity index (χ0) is 25.5. The smallest absolute Gasteiger partial charge is 0.254 e. The number of nitrogens with zero attached hydrogens (tertiary/aromatic N) is 3. The minimum atomic E-state index is -0.619. The Morgan fingerprint density at radius 1 is 1.11 bits per heavy atom. The molecular weight excluding hydrogens is 464 g/mol. The average Bonchev–Trinajstić information content (AvgIpc) is 3.50. The number of benzene rings is 1. The maximum atomic E-state index is 13.7. The summed E-state index contributed by atoms with van der Waals surface area (Å²) in [4.78, 5) is 45.6. The van der Waals surface area contributed by atoms with Crippen LogP contribution in [0.2, 0.25) is 0 Å². The van der Waals surface area contributed by atoms with E-state index in [2.05, 4.69) is 5.32 Å². The molecule has 3 amide bonds. The number of nitrogens with one attached hydrogen (secondary N) is 1. The number of hydrogen-bond donors (Lipinski definition) is 1. The van der Waals surface area contributed by atoms with E-state index in [0.717, 1.165) is 32.4 Å². The highest BCUT2D eigenvalue weighted by Crippen LogP contribution is 2.28. The van der Waals surface area contributed by atoms with Gasteiger partial charge in [0.15, 0.2) is 0 Å². The first kappa shape index (κ1) is 26.4. The lowest BCUT2D eigenvalue weighted by molar-refractivity contribution is -0.145. The first-order valence-corrected chi connectivity index (χ1v) is 12.9. The van der Waals surface area contributed by atoms with Crippen molar-refractivity contribution < 1.29 is 28.6 Å². The number of rotatable bonds is 8. The molecule has 3 aliphatic rings. The molecule has 3 fully saturated rings. The Balaban J connectivity index is 1.58. The summed E-state index contributed by atoms with van der Waals surface area (Å²) in [5.74, 6) is 0.247. The molecule has 1 N–H and O–H groups in total. The van der Waals surface area contributed by atoms with E-state index < -0.39 is 6.04 Å². The Labute approximate surface area is 212 Å². The Morgan fingerprint density at radius 2 is 1.92 bits per heavy atom. The Morgan fingerprint density at radius 3 is 2.61 bits per heavy atom. The van der Waals surface area contributed by atoms with Crippen molar-refractivity contribution in [2.45, 2.75) is 43.9 Å². The third kappa shape index (κ3) is 6.16. The van der Waals surface area contributed by atoms with Crippen molar-refractivity contribution in [2.75, 3.05) is 66.7 Å². The van der Waals surface area contributed by atoms with Crippen molar-refractivity contribution in [1.82, 2.24) is 20.0 Å². The van der Waals surface area contributed by atoms with Gasteiger partial charge in [-0.15, -0.1) is 0 Å². The maximum absolute atomic E-state index is 13.7. The zero-order valence-electron chi connectivity index (χ0n) is 21.3. The van der Waals surface area contributed by atoms with Gasteiger partial charge in [-0.1, -0.05) is 0 Å². The molecule has 3 aliphatic heterocycles. The van der Waals surface area contributed by atoms with Gasteiger partial charge in [0.05, 0.1) is 19.3 Å². The van der Waals surface area contributed by atoms with Crippen LogP contribution in [-0.2, 0) is 19.1 Å². The lowest BCUT2D eigenvalue weighted by Gasteiger charge is -2.31. The number of carbonyl (C=O) groups excluding carboxylic acids is 3. The van der Waals surface area contributed by atoms with Gasteiger partial charge in [0.1, 0.15) is 18.4 Å². The molecule has 3 heterocycles. The summed E-state index contributed by atoms with van der Waals surface area (Å²) in [6.45, 7) is 4.17. The molecule has 1 aromatic rings. The highest BCUT2D eigenvalue weighted by atomic mass is 16.5. The summed E-state index contributed by atoms with van der Waals surface area (Å²) in [7, 11) is 3.06. The molecule has 0 aromatic heterocycles. The molecule has 10 heteroatoms. The van der Waals surface area contributed by atoms with Crippen molar-refractivity contribution in [2.24, 2.45) is 0 Å². The van der Waals surface area contributed by atoms with E-state index in [1.54, 1.807) is 36.3 Å². The van der Waals surface area contributed by atoms with E-state index in [0.29, 0.717) is 50.5 Å². The standard InChI is InChI=1S/C26H38N4O6/c1-34-18-24(31)30-16-20(15-23(30)26(33)28-12-4-10-27-11-13-28)29(17-22-5-3-14-36-22)25(32)19-6-8-21(35-2)9-7-19/h6-9,20,22-23,27H,3-5,10-18H2,1-2H3. The topological polar surface area (TPSA) is 101 Å². The molecule has 36 heavy (non-hydrogen) atoms. The monoisotopic (exact) mass is 502 g/mol. The molecule has 3 unspecified atom stereocenters. The van der Waals surface area contributed by atoms with Gasteiger partial charge in [0.2, 0.25) is 11.8 Å². The van der Waals surface area contributed by atoms with Crippen LogP contribution in [0.1, 0.15) is 36.0 Å². The van der Waals surface area contributed by atoms with Crippen molar-refractivity contribution >= 4 is 17.7 Å². The number of methoxy groups -OCH3 is 2. The largest absolute Gasteiger partial charge is 0.497 e. The van der Waals surface area contributed by atoms with Crippen LogP contribution in [0.3, 0.4) is 0 Å². The SMILES string of the molecule is COCC(=O)N1CC(N(CC2CCCO2)C(=O)c2ccc(OC)cc2)CC1C(=O)N1CCCNCC1. The summed E-state index contributed by atoms with van der Waals surface area (Å²) in [5.41, 5.74) is 0.539. The Bertz CT molecular complexity index is 896. The van der Waals surface area contributed by atoms with Gasteiger partial charge in [0, 0.05) is 52.0 Å². The third-order valence-electron chi connectivity index (χ3n) is 7.27. The summed E-state index contributed by atoms with van der Waals surface area (Å²) >= 11 is 0. The molecule has 0 radical (unpaired) electrons. The summed E-state index contributed by atoms with van der Waals surface area (Å²) in [6, 6.07) is 6.11. The van der Waals surface area contributed by atoms with E-state index in [1.807, 2.05) is 9.80 Å². The van der Waals surface area contributed by atoms with Crippen LogP contribution in [0.5, 0.6) is 5.75 Å². The molecule has 0 spiro atoms. The molecule has 0 saturated carbocycles. The highest BCUT2D eigenvalue weighted by molar-refractivity contribution is 5.95. The predicted molar refractivity (Wildman–Crippen MR) is 133 cm³/mol. The third-order valence-corrected chi connectivity index (χ3v) is 7.27. The predicted octanol–water partition coefficient (Wildman–Crippen LogP) is 0.754. The maximum Gasteiger partial charge on any atom is 0.254 e. The van der Waals surface area contributed by atoms with Gasteiger partial charge in [-0.3, -0.25) is 14.4 Å². The molecule has 3 saturated heterocycles. The van der Waals surface area contributed by atoms with Gasteiger partial charge in [-0.2, -0.15) is 0 Å². The zero-order valence-corrected chi connectivity index (χ0v) is 21.3. The number of likely N-dealkylation sites (tertiary alicyclic amines) is 1. The highest BCUT2D eigenvalue weighted by Gasteiger charge is 2.45. The van der Waals surface area contributed by atoms with Gasteiger partial charge in [-0.05, 0) is 56.5 Å². The fourth-order valence-electron chi connectivity index (χ4n) is 5.34. The minimum absolute atomic E-state index is 0.0539. The quantitative estimate of drug-likeness (QED) is 0.560. The minimum Gasteiger partial charge on any atom is -0.497 e. The second-order valence-electron chi connectivity index (χ2n) is 9.63. The van der Waals surface area contributed by atoms with Gasteiger partial charge in [0.25, 0.3) is 5.91 Å². The molecule has 10 nitrogen and oxygen atoms in total. The van der Waals surface area contributed by atoms with E-state index in [4.69, 9.17) is 14.2 Å². The number of carbonyl (C=O) groups is 3. The van der Waals surface area contributed by atoms with E-state index >= 15 is 0 Å². The second-order valence-corrected chi connectivity index (χ2v) is 9.63. The first-order chi connectivity index (χ1) is 17.5. The lowest BCUT2D eigenvalue weighted by Crippen LogP contribution is -2.49. The summed E-state index contributed by atoms with van der Waals surface area (Å²) in [6.07, 6.45) is 3.06. The Hall–Kier alpha value is -2.69. The Kier molecular flexibility index (Phi) is 9.17. The molecule has 0 aliphatic carbocycles. The van der Waals surface area contributed by atoms with Crippen LogP contribution in [0.15, 0.2) is 24.3 Å². The van der Waals surface area contributed by atoms with Crippen molar-refractivity contribution in [3.05, 3.63) is 29.8 Å². The normalized spacial score (nSPS) is 24.4. The van der Waals surface area contributed by atoms with Gasteiger partial charge >= 0.3 is 0 Å². The van der Waals surface area contributed by atoms with Crippen molar-refractivity contribution in [3.63, 3.8) is 0 Å². The molecule has 4 rings (SSSR count). The molecular formula is C26H38N4O6. The lowest BCUT2D eigenvalue weighted by atomic mass is 10.1. The average molecular weight is 503 g/mol. The molecule has 198 valence electrons. The van der Waals surface area contributed by atoms with Crippen LogP contribution < -0.4 is 10.1 Å². The van der Waals surface area contributed by atoms with E-state index in [9.17, 15) is 14.4 Å². The number of amides is 3. The van der Waals surface area contributed by atoms with E-state index in [-0.39, 0.29) is 36.5 Å². The van der Waals surface area contributed by atoms with Gasteiger partial charge < -0.3 is 34.2 Å². The number of ether oxygens (including phenoxy) is 3. The number of hydrogen-bond acceptors (Lipinski definition) is 7. The van der Waals surface area contributed by atoms with Gasteiger partial charge in [-0.25, -0.2) is 0 Å². The van der Waals surface area contributed by atoms with Crippen molar-refractivity contribution in [1.29, 1.82) is 0 Å².